The van der Waals surface area contributed by atoms with E-state index < -0.39 is 0 Å². The summed E-state index contributed by atoms with van der Waals surface area (Å²) in [7, 11) is 0. The van der Waals surface area contributed by atoms with E-state index in [1.807, 2.05) is 0 Å². The number of nitrogens with one attached hydrogen (secondary N) is 1. The van der Waals surface area contributed by atoms with Crippen LogP contribution in [0.15, 0.2) is 24.3 Å². The van der Waals surface area contributed by atoms with Crippen LogP contribution in [0.1, 0.15) is 43.7 Å². The molecule has 2 heterocycles. The van der Waals surface area contributed by atoms with E-state index in [2.05, 4.69) is 36.5 Å². The molecule has 0 aliphatic carbocycles. The number of hydrogen-bond acceptors (Lipinski definition) is 3. The van der Waals surface area contributed by atoms with Crippen LogP contribution in [-0.4, -0.2) is 31.5 Å². The molecule has 21 heavy (non-hydrogen) atoms. The van der Waals surface area contributed by atoms with Crippen molar-refractivity contribution >= 4 is 0 Å². The van der Waals surface area contributed by atoms with Crippen LogP contribution in [0.3, 0.4) is 0 Å². The van der Waals surface area contributed by atoms with Gasteiger partial charge in [-0.2, -0.15) is 0 Å². The predicted octanol–water partition coefficient (Wildman–Crippen LogP) is 3.07. The van der Waals surface area contributed by atoms with Crippen molar-refractivity contribution in [1.82, 2.24) is 5.32 Å². The van der Waals surface area contributed by atoms with Gasteiger partial charge in [0.2, 0.25) is 0 Å². The van der Waals surface area contributed by atoms with Crippen LogP contribution in [0.25, 0.3) is 0 Å². The highest BCUT2D eigenvalue weighted by atomic mass is 16.5. The Morgan fingerprint density at radius 2 is 1.81 bits per heavy atom. The van der Waals surface area contributed by atoms with Crippen LogP contribution in [0, 0.1) is 0 Å². The van der Waals surface area contributed by atoms with E-state index >= 15 is 0 Å². The lowest BCUT2D eigenvalue weighted by atomic mass is 9.84. The minimum atomic E-state index is 0.0836. The second-order valence-electron chi connectivity index (χ2n) is 6.38. The maximum absolute atomic E-state index is 6.10. The Labute approximate surface area is 128 Å². The summed E-state index contributed by atoms with van der Waals surface area (Å²) in [6, 6.07) is 9.54. The Bertz CT molecular complexity index is 432. The molecule has 0 saturated carbocycles. The summed E-state index contributed by atoms with van der Waals surface area (Å²) >= 11 is 0. The van der Waals surface area contributed by atoms with Crippen molar-refractivity contribution in [3.05, 3.63) is 35.4 Å². The summed E-state index contributed by atoms with van der Waals surface area (Å²) in [4.78, 5) is 0. The van der Waals surface area contributed by atoms with Gasteiger partial charge >= 0.3 is 0 Å². The fourth-order valence-corrected chi connectivity index (χ4v) is 3.45. The highest BCUT2D eigenvalue weighted by molar-refractivity contribution is 5.22. The zero-order valence-corrected chi connectivity index (χ0v) is 13.1. The molecule has 1 atom stereocenters. The van der Waals surface area contributed by atoms with Gasteiger partial charge in [-0.15, -0.1) is 0 Å². The molecular formula is C18H27NO2. The lowest BCUT2D eigenvalue weighted by molar-refractivity contribution is -0.140. The van der Waals surface area contributed by atoms with E-state index in [9.17, 15) is 0 Å². The van der Waals surface area contributed by atoms with Gasteiger partial charge in [0, 0.05) is 32.4 Å². The van der Waals surface area contributed by atoms with Gasteiger partial charge in [0.25, 0.3) is 0 Å². The number of hydrogen-bond donors (Lipinski definition) is 1. The topological polar surface area (TPSA) is 30.5 Å². The molecule has 1 spiro atoms. The average molecular weight is 289 g/mol. The number of aryl methyl sites for hydroxylation is 1. The molecule has 0 aromatic heterocycles. The van der Waals surface area contributed by atoms with Gasteiger partial charge in [-0.1, -0.05) is 31.2 Å². The second-order valence-corrected chi connectivity index (χ2v) is 6.38. The molecule has 2 aliphatic heterocycles. The first-order valence-corrected chi connectivity index (χ1v) is 8.33. The minimum absolute atomic E-state index is 0.0836. The van der Waals surface area contributed by atoms with Gasteiger partial charge in [0.05, 0.1) is 5.60 Å². The molecule has 3 heteroatoms. The predicted molar refractivity (Wildman–Crippen MR) is 84.4 cm³/mol. The van der Waals surface area contributed by atoms with E-state index in [1.54, 1.807) is 0 Å². The van der Waals surface area contributed by atoms with Crippen LogP contribution in [-0.2, 0) is 22.4 Å². The highest BCUT2D eigenvalue weighted by Gasteiger charge is 2.38. The third kappa shape index (κ3) is 3.85. The monoisotopic (exact) mass is 289 g/mol. The van der Waals surface area contributed by atoms with E-state index in [4.69, 9.17) is 9.47 Å². The molecule has 2 saturated heterocycles. The van der Waals surface area contributed by atoms with E-state index in [-0.39, 0.29) is 5.60 Å². The van der Waals surface area contributed by atoms with Crippen molar-refractivity contribution in [2.24, 2.45) is 0 Å². The van der Waals surface area contributed by atoms with Crippen molar-refractivity contribution < 1.29 is 9.47 Å². The first-order valence-electron chi connectivity index (χ1n) is 8.33. The molecule has 1 aromatic rings. The van der Waals surface area contributed by atoms with Crippen LogP contribution in [0.5, 0.6) is 0 Å². The van der Waals surface area contributed by atoms with Crippen LogP contribution in [0.2, 0.25) is 0 Å². The largest absolute Gasteiger partial charge is 0.381 e. The summed E-state index contributed by atoms with van der Waals surface area (Å²) in [5.41, 5.74) is 2.87. The second kappa shape index (κ2) is 6.91. The smallest absolute Gasteiger partial charge is 0.0741 e. The van der Waals surface area contributed by atoms with Gasteiger partial charge in [-0.05, 0) is 43.2 Å². The van der Waals surface area contributed by atoms with Crippen LogP contribution >= 0.6 is 0 Å². The molecule has 2 fully saturated rings. The van der Waals surface area contributed by atoms with Gasteiger partial charge < -0.3 is 14.8 Å². The molecule has 2 aliphatic rings. The number of ether oxygens (including phenoxy) is 2. The van der Waals surface area contributed by atoms with Crippen LogP contribution in [0.4, 0.5) is 0 Å². The Balaban J connectivity index is 1.52. The molecule has 0 amide bonds. The average Bonchev–Trinajstić information content (AvgIpc) is 2.54. The Morgan fingerprint density at radius 1 is 1.10 bits per heavy atom. The van der Waals surface area contributed by atoms with Gasteiger partial charge in [-0.25, -0.2) is 0 Å². The number of rotatable bonds is 4. The maximum atomic E-state index is 6.10. The van der Waals surface area contributed by atoms with Crippen molar-refractivity contribution in [2.45, 2.75) is 57.2 Å². The SMILES string of the molecule is CCc1ccc(CNC2CCOC3(CCOCC3)C2)cc1. The van der Waals surface area contributed by atoms with Crippen molar-refractivity contribution in [2.75, 3.05) is 19.8 Å². The first-order chi connectivity index (χ1) is 10.3. The quantitative estimate of drug-likeness (QED) is 0.924. The van der Waals surface area contributed by atoms with Crippen molar-refractivity contribution in [3.63, 3.8) is 0 Å². The summed E-state index contributed by atoms with van der Waals surface area (Å²) in [6.07, 6.45) is 5.46. The molecule has 0 bridgehead atoms. The fraction of sp³-hybridized carbons (Fsp3) is 0.667. The van der Waals surface area contributed by atoms with Gasteiger partial charge in [0.15, 0.2) is 0 Å². The highest BCUT2D eigenvalue weighted by Crippen LogP contribution is 2.34. The van der Waals surface area contributed by atoms with E-state index in [1.165, 1.54) is 11.1 Å². The standard InChI is InChI=1S/C18H27NO2/c1-2-15-3-5-16(6-4-15)14-19-17-7-10-21-18(13-17)8-11-20-12-9-18/h3-6,17,19H,2,7-14H2,1H3. The Morgan fingerprint density at radius 3 is 2.52 bits per heavy atom. The van der Waals surface area contributed by atoms with Crippen molar-refractivity contribution in [1.29, 1.82) is 0 Å². The molecule has 1 N–H and O–H groups in total. The zero-order valence-electron chi connectivity index (χ0n) is 13.1. The van der Waals surface area contributed by atoms with Gasteiger partial charge in [-0.3, -0.25) is 0 Å². The molecule has 1 unspecified atom stereocenters. The molecule has 0 radical (unpaired) electrons. The van der Waals surface area contributed by atoms with Crippen molar-refractivity contribution in [3.8, 4) is 0 Å². The summed E-state index contributed by atoms with van der Waals surface area (Å²) in [5.74, 6) is 0. The molecule has 3 nitrogen and oxygen atoms in total. The van der Waals surface area contributed by atoms with E-state index in [0.717, 1.165) is 58.5 Å². The molecule has 3 rings (SSSR count). The lowest BCUT2D eigenvalue weighted by Crippen LogP contribution is -2.49. The normalized spacial score (nSPS) is 25.1. The number of benzene rings is 1. The molecule has 1 aromatic carbocycles. The van der Waals surface area contributed by atoms with E-state index in [0.29, 0.717) is 6.04 Å². The van der Waals surface area contributed by atoms with Gasteiger partial charge in [0.1, 0.15) is 0 Å². The summed E-state index contributed by atoms with van der Waals surface area (Å²) < 4.78 is 11.6. The Kier molecular flexibility index (Phi) is 4.94. The molecule has 116 valence electrons. The fourth-order valence-electron chi connectivity index (χ4n) is 3.45. The lowest BCUT2D eigenvalue weighted by Gasteiger charge is -2.43. The third-order valence-corrected chi connectivity index (χ3v) is 4.92. The maximum Gasteiger partial charge on any atom is 0.0741 e. The first kappa shape index (κ1) is 15.0. The molecular weight excluding hydrogens is 262 g/mol. The zero-order chi connectivity index (χ0) is 14.5. The third-order valence-electron chi connectivity index (χ3n) is 4.92. The summed E-state index contributed by atoms with van der Waals surface area (Å²) in [5, 5.41) is 3.73. The van der Waals surface area contributed by atoms with Crippen LogP contribution < -0.4 is 5.32 Å². The minimum Gasteiger partial charge on any atom is -0.381 e. The summed E-state index contributed by atoms with van der Waals surface area (Å²) in [6.45, 7) is 5.74. The Hall–Kier alpha value is -0.900.